The van der Waals surface area contributed by atoms with Gasteiger partial charge >= 0.3 is 0 Å². The van der Waals surface area contributed by atoms with Crippen LogP contribution in [-0.2, 0) is 17.8 Å². The van der Waals surface area contributed by atoms with Gasteiger partial charge in [-0.15, -0.1) is 11.8 Å². The van der Waals surface area contributed by atoms with Gasteiger partial charge in [0.25, 0.3) is 0 Å². The first-order chi connectivity index (χ1) is 16.6. The van der Waals surface area contributed by atoms with Gasteiger partial charge in [-0.2, -0.15) is 0 Å². The highest BCUT2D eigenvalue weighted by Crippen LogP contribution is 2.31. The Morgan fingerprint density at radius 3 is 2.88 bits per heavy atom. The number of pyridine rings is 1. The van der Waals surface area contributed by atoms with E-state index in [4.69, 9.17) is 10.5 Å². The highest BCUT2D eigenvalue weighted by molar-refractivity contribution is 8.00. The lowest BCUT2D eigenvalue weighted by molar-refractivity contribution is -0.113. The SMILES string of the molecule is COc1cnc2cccc(C[C@@H](N)C3CCC(NCc4ccc5c(n4)NC(=O)CS5)CC3)c2n1. The summed E-state index contributed by atoms with van der Waals surface area (Å²) in [6.07, 6.45) is 6.82. The van der Waals surface area contributed by atoms with Gasteiger partial charge in [0.15, 0.2) is 0 Å². The first-order valence-corrected chi connectivity index (χ1v) is 12.8. The van der Waals surface area contributed by atoms with Gasteiger partial charge in [-0.1, -0.05) is 12.1 Å². The molecule has 0 saturated heterocycles. The van der Waals surface area contributed by atoms with Crippen LogP contribution in [0, 0.1) is 5.92 Å². The largest absolute Gasteiger partial charge is 0.480 e. The smallest absolute Gasteiger partial charge is 0.235 e. The zero-order chi connectivity index (χ0) is 23.5. The average molecular weight is 479 g/mol. The lowest BCUT2D eigenvalue weighted by atomic mass is 9.80. The van der Waals surface area contributed by atoms with Crippen LogP contribution in [0.2, 0.25) is 0 Å². The molecule has 3 heterocycles. The Hall–Kier alpha value is -2.75. The molecule has 0 radical (unpaired) electrons. The second-order valence-electron chi connectivity index (χ2n) is 9.04. The van der Waals surface area contributed by atoms with E-state index < -0.39 is 0 Å². The minimum atomic E-state index is 0.0134. The first-order valence-electron chi connectivity index (χ1n) is 11.8. The Morgan fingerprint density at radius 1 is 1.21 bits per heavy atom. The molecule has 0 bridgehead atoms. The molecule has 9 heteroatoms. The second kappa shape index (κ2) is 10.2. The highest BCUT2D eigenvalue weighted by Gasteiger charge is 2.26. The topological polar surface area (TPSA) is 115 Å². The van der Waals surface area contributed by atoms with Crippen LogP contribution in [0.15, 0.2) is 41.4 Å². The summed E-state index contributed by atoms with van der Waals surface area (Å²) in [6, 6.07) is 10.7. The summed E-state index contributed by atoms with van der Waals surface area (Å²) in [5.41, 5.74) is 10.5. The Balaban J connectivity index is 1.14. The number of thioether (sulfide) groups is 1. The number of methoxy groups -OCH3 is 1. The van der Waals surface area contributed by atoms with Gasteiger partial charge in [0, 0.05) is 18.6 Å². The van der Waals surface area contributed by atoms with Crippen LogP contribution in [0.4, 0.5) is 5.82 Å². The molecule has 1 aliphatic carbocycles. The number of benzene rings is 1. The molecule has 1 aliphatic heterocycles. The van der Waals surface area contributed by atoms with E-state index in [2.05, 4.69) is 31.7 Å². The molecule has 178 valence electrons. The molecule has 1 amide bonds. The molecule has 0 spiro atoms. The minimum Gasteiger partial charge on any atom is -0.480 e. The molecule has 1 atom stereocenters. The van der Waals surface area contributed by atoms with Crippen molar-refractivity contribution in [2.45, 2.75) is 55.6 Å². The van der Waals surface area contributed by atoms with Gasteiger partial charge in [0.2, 0.25) is 11.8 Å². The van der Waals surface area contributed by atoms with Crippen molar-refractivity contribution in [3.63, 3.8) is 0 Å². The number of carbonyl (C=O) groups excluding carboxylic acids is 1. The minimum absolute atomic E-state index is 0.0134. The van der Waals surface area contributed by atoms with E-state index in [1.165, 1.54) is 11.8 Å². The van der Waals surface area contributed by atoms with E-state index in [-0.39, 0.29) is 11.9 Å². The summed E-state index contributed by atoms with van der Waals surface area (Å²) in [7, 11) is 1.61. The third kappa shape index (κ3) is 5.16. The van der Waals surface area contributed by atoms with Crippen molar-refractivity contribution in [2.75, 3.05) is 18.2 Å². The van der Waals surface area contributed by atoms with Crippen molar-refractivity contribution in [3.8, 4) is 5.88 Å². The number of hydrogen-bond donors (Lipinski definition) is 3. The van der Waals surface area contributed by atoms with E-state index in [0.717, 1.165) is 59.3 Å². The summed E-state index contributed by atoms with van der Waals surface area (Å²) < 4.78 is 5.26. The number of para-hydroxylation sites is 1. The van der Waals surface area contributed by atoms with E-state index >= 15 is 0 Å². The van der Waals surface area contributed by atoms with E-state index in [1.807, 2.05) is 24.3 Å². The zero-order valence-corrected chi connectivity index (χ0v) is 20.1. The van der Waals surface area contributed by atoms with Crippen LogP contribution in [-0.4, -0.2) is 45.8 Å². The summed E-state index contributed by atoms with van der Waals surface area (Å²) in [5, 5.41) is 6.51. The van der Waals surface area contributed by atoms with Crippen LogP contribution < -0.4 is 21.1 Å². The van der Waals surface area contributed by atoms with Gasteiger partial charge in [-0.25, -0.2) is 15.0 Å². The number of carbonyl (C=O) groups is 1. The Kier molecular flexibility index (Phi) is 6.94. The lowest BCUT2D eigenvalue weighted by Gasteiger charge is -2.33. The Labute approximate surface area is 203 Å². The van der Waals surface area contributed by atoms with Crippen molar-refractivity contribution >= 4 is 34.5 Å². The first kappa shape index (κ1) is 23.0. The molecule has 2 aromatic heterocycles. The van der Waals surface area contributed by atoms with E-state index in [0.29, 0.717) is 36.0 Å². The van der Waals surface area contributed by atoms with E-state index in [9.17, 15) is 4.79 Å². The molecular formula is C25H30N6O2S. The maximum Gasteiger partial charge on any atom is 0.235 e. The molecule has 8 nitrogen and oxygen atoms in total. The predicted octanol–water partition coefficient (Wildman–Crippen LogP) is 3.30. The normalized spacial score (nSPS) is 21.1. The maximum absolute atomic E-state index is 11.6. The fourth-order valence-electron chi connectivity index (χ4n) is 4.86. The number of hydrogen-bond acceptors (Lipinski definition) is 8. The molecule has 34 heavy (non-hydrogen) atoms. The Bertz CT molecular complexity index is 1180. The number of nitrogens with one attached hydrogen (secondary N) is 2. The third-order valence-electron chi connectivity index (χ3n) is 6.78. The molecular weight excluding hydrogens is 448 g/mol. The van der Waals surface area contributed by atoms with Gasteiger partial charge < -0.3 is 21.1 Å². The van der Waals surface area contributed by atoms with Crippen LogP contribution in [0.5, 0.6) is 5.88 Å². The maximum atomic E-state index is 11.6. The summed E-state index contributed by atoms with van der Waals surface area (Å²) in [4.78, 5) is 26.3. The highest BCUT2D eigenvalue weighted by atomic mass is 32.2. The average Bonchev–Trinajstić information content (AvgIpc) is 2.87. The number of fused-ring (bicyclic) bond motifs is 2. The number of amides is 1. The fourth-order valence-corrected chi connectivity index (χ4v) is 5.62. The molecule has 1 saturated carbocycles. The summed E-state index contributed by atoms with van der Waals surface area (Å²) in [5.74, 6) is 2.17. The standard InChI is InChI=1S/C25H30N6O2S/c1-33-23-13-28-20-4-2-3-16(24(20)31-23)11-19(26)15-5-7-17(8-6-15)27-12-18-9-10-21-25(29-18)30-22(32)14-34-21/h2-4,9-10,13,15,17,19,27H,5-8,11-12,14,26H2,1H3,(H,29,30,32)/t15?,17?,19-/m1/s1. The molecule has 1 aromatic carbocycles. The van der Waals surface area contributed by atoms with Gasteiger partial charge in [-0.3, -0.25) is 4.79 Å². The van der Waals surface area contributed by atoms with Crippen LogP contribution in [0.1, 0.15) is 36.9 Å². The van der Waals surface area contributed by atoms with Crippen molar-refractivity contribution in [3.05, 3.63) is 47.8 Å². The van der Waals surface area contributed by atoms with Crippen LogP contribution >= 0.6 is 11.8 Å². The van der Waals surface area contributed by atoms with Crippen molar-refractivity contribution in [2.24, 2.45) is 11.7 Å². The Morgan fingerprint density at radius 2 is 2.06 bits per heavy atom. The van der Waals surface area contributed by atoms with Crippen molar-refractivity contribution in [1.82, 2.24) is 20.3 Å². The lowest BCUT2D eigenvalue weighted by Crippen LogP contribution is -2.39. The van der Waals surface area contributed by atoms with E-state index in [1.54, 1.807) is 13.3 Å². The molecule has 4 N–H and O–H groups in total. The number of ether oxygens (including phenoxy) is 1. The zero-order valence-electron chi connectivity index (χ0n) is 19.3. The third-order valence-corrected chi connectivity index (χ3v) is 7.83. The van der Waals surface area contributed by atoms with Gasteiger partial charge in [0.1, 0.15) is 5.82 Å². The monoisotopic (exact) mass is 478 g/mol. The number of nitrogens with two attached hydrogens (primary N) is 1. The number of rotatable bonds is 7. The van der Waals surface area contributed by atoms with Gasteiger partial charge in [0.05, 0.1) is 40.7 Å². The van der Waals surface area contributed by atoms with Crippen LogP contribution in [0.3, 0.4) is 0 Å². The quantitative estimate of drug-likeness (QED) is 0.474. The van der Waals surface area contributed by atoms with Crippen molar-refractivity contribution in [1.29, 1.82) is 0 Å². The molecule has 1 fully saturated rings. The predicted molar refractivity (Wildman–Crippen MR) is 134 cm³/mol. The number of anilines is 1. The van der Waals surface area contributed by atoms with Gasteiger partial charge in [-0.05, 0) is 61.8 Å². The molecule has 5 rings (SSSR count). The molecule has 3 aromatic rings. The molecule has 2 aliphatic rings. The summed E-state index contributed by atoms with van der Waals surface area (Å²) >= 11 is 1.54. The fraction of sp³-hybridized carbons (Fsp3) is 0.440. The number of aromatic nitrogens is 3. The second-order valence-corrected chi connectivity index (χ2v) is 10.1. The number of nitrogens with zero attached hydrogens (tertiary/aromatic N) is 3. The van der Waals surface area contributed by atoms with Crippen LogP contribution in [0.25, 0.3) is 11.0 Å². The summed E-state index contributed by atoms with van der Waals surface area (Å²) in [6.45, 7) is 0.700. The molecule has 0 unspecified atom stereocenters. The van der Waals surface area contributed by atoms with Crippen molar-refractivity contribution < 1.29 is 9.53 Å².